The largest absolute Gasteiger partial charge is 0.493 e. The molecule has 31 heavy (non-hydrogen) atoms. The molecule has 1 amide bonds. The number of aliphatic imine (C=N–C) groups is 1. The van der Waals surface area contributed by atoms with Crippen LogP contribution in [0.15, 0.2) is 17.1 Å². The van der Waals surface area contributed by atoms with Crippen LogP contribution in [0.4, 0.5) is 4.79 Å². The Morgan fingerprint density at radius 3 is 2.32 bits per heavy atom. The molecule has 0 radical (unpaired) electrons. The van der Waals surface area contributed by atoms with Crippen LogP contribution in [0.1, 0.15) is 32.3 Å². The van der Waals surface area contributed by atoms with E-state index in [1.807, 2.05) is 26.0 Å². The molecule has 1 aliphatic heterocycles. The molecule has 0 spiro atoms. The van der Waals surface area contributed by atoms with Gasteiger partial charge in [0.25, 0.3) is 0 Å². The molecule has 1 aromatic carbocycles. The number of amides is 1. The zero-order valence-corrected chi connectivity index (χ0v) is 21.4. The van der Waals surface area contributed by atoms with Crippen LogP contribution in [-0.4, -0.2) is 70.6 Å². The number of benzene rings is 1. The van der Waals surface area contributed by atoms with Crippen LogP contribution < -0.4 is 24.8 Å². The number of guanidine groups is 1. The number of ether oxygens (including phenoxy) is 4. The van der Waals surface area contributed by atoms with Gasteiger partial charge in [0.05, 0.1) is 34.5 Å². The van der Waals surface area contributed by atoms with E-state index < -0.39 is 0 Å². The summed E-state index contributed by atoms with van der Waals surface area (Å²) in [5, 5.41) is 6.75. The number of carbonyl (C=O) groups is 1. The number of piperidine rings is 1. The van der Waals surface area contributed by atoms with Gasteiger partial charge in [-0.2, -0.15) is 0 Å². The van der Waals surface area contributed by atoms with Gasteiger partial charge in [0.1, 0.15) is 0 Å². The Morgan fingerprint density at radius 1 is 1.10 bits per heavy atom. The lowest BCUT2D eigenvalue weighted by molar-refractivity contribution is 0.0963. The average molecular weight is 550 g/mol. The highest BCUT2D eigenvalue weighted by Gasteiger charge is 2.24. The van der Waals surface area contributed by atoms with E-state index in [1.54, 1.807) is 26.2 Å². The van der Waals surface area contributed by atoms with Crippen LogP contribution in [0.25, 0.3) is 0 Å². The summed E-state index contributed by atoms with van der Waals surface area (Å²) in [5.74, 6) is 2.50. The molecule has 1 aromatic rings. The highest BCUT2D eigenvalue weighted by Crippen LogP contribution is 2.39. The summed E-state index contributed by atoms with van der Waals surface area (Å²) < 4.78 is 21.4. The predicted molar refractivity (Wildman–Crippen MR) is 131 cm³/mol. The molecule has 1 fully saturated rings. The van der Waals surface area contributed by atoms with Gasteiger partial charge in [-0.25, -0.2) is 9.79 Å². The first kappa shape index (κ1) is 26.9. The van der Waals surface area contributed by atoms with Crippen molar-refractivity contribution in [2.75, 3.05) is 47.6 Å². The quantitative estimate of drug-likeness (QED) is 0.292. The van der Waals surface area contributed by atoms with Gasteiger partial charge in [0.2, 0.25) is 5.75 Å². The number of hydrogen-bond donors (Lipinski definition) is 2. The molecule has 1 aliphatic rings. The third kappa shape index (κ3) is 7.51. The Balaban J connectivity index is 0.00000480. The van der Waals surface area contributed by atoms with Crippen molar-refractivity contribution in [3.8, 4) is 17.2 Å². The summed E-state index contributed by atoms with van der Waals surface area (Å²) in [6.07, 6.45) is 1.43. The normalized spacial score (nSPS) is 14.4. The summed E-state index contributed by atoms with van der Waals surface area (Å²) in [5.41, 5.74) is 0.893. The van der Waals surface area contributed by atoms with Crippen LogP contribution in [0.3, 0.4) is 0 Å². The van der Waals surface area contributed by atoms with Crippen LogP contribution in [0.2, 0.25) is 0 Å². The van der Waals surface area contributed by atoms with E-state index in [2.05, 4.69) is 10.6 Å². The van der Waals surface area contributed by atoms with Crippen molar-refractivity contribution in [2.24, 2.45) is 4.99 Å². The Labute approximate surface area is 201 Å². The molecular formula is C21H35IN4O5. The van der Waals surface area contributed by atoms with Crippen molar-refractivity contribution >= 4 is 36.0 Å². The smallest absolute Gasteiger partial charge is 0.409 e. The molecule has 0 atom stereocenters. The van der Waals surface area contributed by atoms with Crippen molar-refractivity contribution < 1.29 is 23.7 Å². The number of halogens is 1. The fraction of sp³-hybridized carbons (Fsp3) is 0.619. The third-order valence-corrected chi connectivity index (χ3v) is 4.90. The zero-order chi connectivity index (χ0) is 21.9. The van der Waals surface area contributed by atoms with Crippen LogP contribution in [-0.2, 0) is 11.3 Å². The first-order valence-corrected chi connectivity index (χ1v) is 10.3. The lowest BCUT2D eigenvalue weighted by atomic mass is 10.1. The minimum absolute atomic E-state index is 0. The van der Waals surface area contributed by atoms with Crippen molar-refractivity contribution in [2.45, 2.75) is 39.3 Å². The van der Waals surface area contributed by atoms with E-state index in [-0.39, 0.29) is 36.1 Å². The topological polar surface area (TPSA) is 93.7 Å². The molecule has 176 valence electrons. The molecule has 1 saturated heterocycles. The number of rotatable bonds is 8. The molecule has 1 heterocycles. The summed E-state index contributed by atoms with van der Waals surface area (Å²) >= 11 is 0. The highest BCUT2D eigenvalue weighted by atomic mass is 127. The van der Waals surface area contributed by atoms with E-state index in [0.717, 1.165) is 30.9 Å². The predicted octanol–water partition coefficient (Wildman–Crippen LogP) is 3.01. The van der Waals surface area contributed by atoms with Gasteiger partial charge < -0.3 is 34.5 Å². The van der Waals surface area contributed by atoms with Crippen molar-refractivity contribution in [3.05, 3.63) is 17.7 Å². The van der Waals surface area contributed by atoms with Gasteiger partial charge in [0, 0.05) is 31.2 Å². The fourth-order valence-electron chi connectivity index (χ4n) is 3.39. The van der Waals surface area contributed by atoms with E-state index in [4.69, 9.17) is 23.9 Å². The summed E-state index contributed by atoms with van der Waals surface area (Å²) in [7, 11) is 4.78. The Hall–Kier alpha value is -2.11. The van der Waals surface area contributed by atoms with Gasteiger partial charge in [-0.1, -0.05) is 0 Å². The number of likely N-dealkylation sites (tertiary alicyclic amines) is 1. The monoisotopic (exact) mass is 550 g/mol. The molecule has 0 saturated carbocycles. The number of hydrogen-bond acceptors (Lipinski definition) is 6. The molecule has 0 aliphatic carbocycles. The van der Waals surface area contributed by atoms with Gasteiger partial charge >= 0.3 is 6.09 Å². The number of nitrogens with one attached hydrogen (secondary N) is 2. The van der Waals surface area contributed by atoms with Crippen LogP contribution in [0, 0.1) is 0 Å². The maximum absolute atomic E-state index is 11.9. The average Bonchev–Trinajstić information content (AvgIpc) is 2.77. The zero-order valence-electron chi connectivity index (χ0n) is 19.0. The molecule has 0 aromatic heterocycles. The number of carbonyl (C=O) groups excluding carboxylic acids is 1. The Morgan fingerprint density at radius 2 is 1.77 bits per heavy atom. The molecule has 2 rings (SSSR count). The summed E-state index contributed by atoms with van der Waals surface area (Å²) in [6, 6.07) is 4.00. The van der Waals surface area contributed by atoms with Crippen LogP contribution >= 0.6 is 24.0 Å². The molecule has 0 unspecified atom stereocenters. The first-order chi connectivity index (χ1) is 14.6. The molecule has 10 heteroatoms. The minimum Gasteiger partial charge on any atom is -0.493 e. The molecule has 0 bridgehead atoms. The SMILES string of the molecule is CCNC(=NCc1ccc(OC)c(OC)c1OC)NC1CCN(C(=O)OCC)CC1.I. The van der Waals surface area contributed by atoms with Crippen molar-refractivity contribution in [1.82, 2.24) is 15.5 Å². The molecular weight excluding hydrogens is 515 g/mol. The van der Waals surface area contributed by atoms with E-state index in [9.17, 15) is 4.79 Å². The van der Waals surface area contributed by atoms with E-state index in [0.29, 0.717) is 43.5 Å². The van der Waals surface area contributed by atoms with Crippen molar-refractivity contribution in [1.29, 1.82) is 0 Å². The molecule has 9 nitrogen and oxygen atoms in total. The second-order valence-corrected chi connectivity index (χ2v) is 6.79. The Kier molecular flexibility index (Phi) is 12.2. The number of methoxy groups -OCH3 is 3. The molecule has 2 N–H and O–H groups in total. The lowest BCUT2D eigenvalue weighted by Crippen LogP contribution is -2.49. The van der Waals surface area contributed by atoms with Crippen LogP contribution in [0.5, 0.6) is 17.2 Å². The lowest BCUT2D eigenvalue weighted by Gasteiger charge is -2.32. The summed E-state index contributed by atoms with van der Waals surface area (Å²) in [6.45, 7) is 6.74. The first-order valence-electron chi connectivity index (χ1n) is 10.3. The fourth-order valence-corrected chi connectivity index (χ4v) is 3.39. The van der Waals surface area contributed by atoms with Gasteiger partial charge in [-0.15, -0.1) is 24.0 Å². The number of nitrogens with zero attached hydrogens (tertiary/aromatic N) is 2. The second-order valence-electron chi connectivity index (χ2n) is 6.79. The highest BCUT2D eigenvalue weighted by molar-refractivity contribution is 14.0. The second kappa shape index (κ2) is 14.0. The van der Waals surface area contributed by atoms with Crippen molar-refractivity contribution in [3.63, 3.8) is 0 Å². The standard InChI is InChI=1S/C21H34N4O5.HI/c1-6-22-20(24-16-10-12-25(13-11-16)21(26)30-7-2)23-14-15-8-9-17(27-3)19(29-5)18(15)28-4;/h8-9,16H,6-7,10-14H2,1-5H3,(H2,22,23,24);1H. The van der Waals surface area contributed by atoms with E-state index >= 15 is 0 Å². The Bertz CT molecular complexity index is 724. The maximum Gasteiger partial charge on any atom is 0.409 e. The van der Waals surface area contributed by atoms with E-state index in [1.165, 1.54) is 0 Å². The van der Waals surface area contributed by atoms with Gasteiger partial charge in [-0.3, -0.25) is 0 Å². The minimum atomic E-state index is -0.239. The maximum atomic E-state index is 11.9. The third-order valence-electron chi connectivity index (χ3n) is 4.90. The van der Waals surface area contributed by atoms with Gasteiger partial charge in [-0.05, 0) is 38.8 Å². The summed E-state index contributed by atoms with van der Waals surface area (Å²) in [4.78, 5) is 18.3. The van der Waals surface area contributed by atoms with Gasteiger partial charge in [0.15, 0.2) is 17.5 Å².